The SMILES string of the molecule is CCOc1cc(NC(=NC)NCCOc2ccc(C(F)(F)F)cn2)ccc1OC.I. The van der Waals surface area contributed by atoms with Gasteiger partial charge in [0.15, 0.2) is 17.5 Å². The minimum atomic E-state index is -4.42. The predicted octanol–water partition coefficient (Wildman–Crippen LogP) is 4.19. The van der Waals surface area contributed by atoms with Gasteiger partial charge in [0.25, 0.3) is 0 Å². The summed E-state index contributed by atoms with van der Waals surface area (Å²) in [4.78, 5) is 7.76. The number of nitrogens with one attached hydrogen (secondary N) is 2. The number of anilines is 1. The maximum absolute atomic E-state index is 12.5. The minimum absolute atomic E-state index is 0. The van der Waals surface area contributed by atoms with E-state index in [2.05, 4.69) is 20.6 Å². The molecule has 2 aromatic rings. The number of methoxy groups -OCH3 is 1. The van der Waals surface area contributed by atoms with Crippen LogP contribution in [0.4, 0.5) is 18.9 Å². The number of hydrogen-bond acceptors (Lipinski definition) is 5. The molecule has 0 saturated carbocycles. The highest BCUT2D eigenvalue weighted by molar-refractivity contribution is 14.0. The second-order valence-electron chi connectivity index (χ2n) is 5.65. The van der Waals surface area contributed by atoms with Gasteiger partial charge in [0.2, 0.25) is 5.88 Å². The molecule has 1 heterocycles. The Balaban J connectivity index is 0.00000450. The van der Waals surface area contributed by atoms with Crippen LogP contribution in [0, 0.1) is 0 Å². The number of aromatic nitrogens is 1. The van der Waals surface area contributed by atoms with Crippen molar-refractivity contribution in [1.29, 1.82) is 0 Å². The average molecular weight is 540 g/mol. The van der Waals surface area contributed by atoms with E-state index in [1.54, 1.807) is 26.3 Å². The number of pyridine rings is 1. The third-order valence-corrected chi connectivity index (χ3v) is 3.66. The number of aliphatic imine (C=N–C) groups is 1. The quantitative estimate of drug-likeness (QED) is 0.227. The first-order valence-corrected chi connectivity index (χ1v) is 8.82. The van der Waals surface area contributed by atoms with Crippen LogP contribution in [0.25, 0.3) is 0 Å². The lowest BCUT2D eigenvalue weighted by Crippen LogP contribution is -2.33. The van der Waals surface area contributed by atoms with Crippen molar-refractivity contribution in [3.05, 3.63) is 42.1 Å². The van der Waals surface area contributed by atoms with Gasteiger partial charge in [-0.1, -0.05) is 0 Å². The first kappa shape index (κ1) is 25.6. The van der Waals surface area contributed by atoms with Crippen LogP contribution >= 0.6 is 24.0 Å². The van der Waals surface area contributed by atoms with Crippen LogP contribution in [0.2, 0.25) is 0 Å². The zero-order valence-corrected chi connectivity index (χ0v) is 19.1. The highest BCUT2D eigenvalue weighted by Gasteiger charge is 2.30. The third kappa shape index (κ3) is 7.76. The summed E-state index contributed by atoms with van der Waals surface area (Å²) in [7, 11) is 3.18. The monoisotopic (exact) mass is 540 g/mol. The van der Waals surface area contributed by atoms with Crippen molar-refractivity contribution in [2.24, 2.45) is 4.99 Å². The van der Waals surface area contributed by atoms with Gasteiger partial charge in [-0.3, -0.25) is 4.99 Å². The Morgan fingerprint density at radius 1 is 1.13 bits per heavy atom. The molecule has 30 heavy (non-hydrogen) atoms. The van der Waals surface area contributed by atoms with Gasteiger partial charge in [0.1, 0.15) is 6.61 Å². The van der Waals surface area contributed by atoms with Crippen LogP contribution in [0.1, 0.15) is 12.5 Å². The van der Waals surface area contributed by atoms with Crippen molar-refractivity contribution < 1.29 is 27.4 Å². The van der Waals surface area contributed by atoms with Gasteiger partial charge in [-0.15, -0.1) is 24.0 Å². The van der Waals surface area contributed by atoms with Crippen LogP contribution in [-0.2, 0) is 6.18 Å². The maximum atomic E-state index is 12.5. The van der Waals surface area contributed by atoms with E-state index < -0.39 is 11.7 Å². The van der Waals surface area contributed by atoms with Gasteiger partial charge < -0.3 is 24.8 Å². The summed E-state index contributed by atoms with van der Waals surface area (Å²) < 4.78 is 53.7. The number of halogens is 4. The Morgan fingerprint density at radius 3 is 2.47 bits per heavy atom. The number of nitrogens with zero attached hydrogens (tertiary/aromatic N) is 2. The summed E-state index contributed by atoms with van der Waals surface area (Å²) in [5, 5.41) is 6.15. The highest BCUT2D eigenvalue weighted by Crippen LogP contribution is 2.30. The summed E-state index contributed by atoms with van der Waals surface area (Å²) in [5.74, 6) is 1.82. The second-order valence-corrected chi connectivity index (χ2v) is 5.65. The Hall–Kier alpha value is -2.44. The van der Waals surface area contributed by atoms with E-state index in [1.165, 1.54) is 6.07 Å². The lowest BCUT2D eigenvalue weighted by Gasteiger charge is -2.15. The Labute approximate surface area is 190 Å². The van der Waals surface area contributed by atoms with Crippen LogP contribution in [0.15, 0.2) is 41.5 Å². The number of ether oxygens (including phenoxy) is 3. The van der Waals surface area contributed by atoms with E-state index >= 15 is 0 Å². The molecule has 2 rings (SSSR count). The summed E-state index contributed by atoms with van der Waals surface area (Å²) in [5.41, 5.74) is -0.0776. The van der Waals surface area contributed by atoms with Crippen LogP contribution in [0.5, 0.6) is 17.4 Å². The molecule has 1 aromatic carbocycles. The average Bonchev–Trinajstić information content (AvgIpc) is 2.70. The lowest BCUT2D eigenvalue weighted by molar-refractivity contribution is -0.137. The van der Waals surface area contributed by atoms with Crippen molar-refractivity contribution in [3.8, 4) is 17.4 Å². The largest absolute Gasteiger partial charge is 0.493 e. The fraction of sp³-hybridized carbons (Fsp3) is 0.368. The molecule has 0 amide bonds. The molecular weight excluding hydrogens is 516 g/mol. The zero-order valence-electron chi connectivity index (χ0n) is 16.7. The van der Waals surface area contributed by atoms with E-state index in [-0.39, 0.29) is 36.5 Å². The Morgan fingerprint density at radius 2 is 1.90 bits per heavy atom. The molecule has 2 N–H and O–H groups in total. The molecule has 1 aromatic heterocycles. The maximum Gasteiger partial charge on any atom is 0.417 e. The minimum Gasteiger partial charge on any atom is -0.493 e. The normalized spacial score (nSPS) is 11.3. The molecular formula is C19H24F3IN4O3. The number of alkyl halides is 3. The summed E-state index contributed by atoms with van der Waals surface area (Å²) in [6, 6.07) is 7.49. The van der Waals surface area contributed by atoms with Crippen LogP contribution < -0.4 is 24.8 Å². The molecule has 0 aliphatic rings. The zero-order chi connectivity index (χ0) is 21.3. The van der Waals surface area contributed by atoms with Crippen molar-refractivity contribution in [1.82, 2.24) is 10.3 Å². The molecule has 0 aliphatic carbocycles. The number of guanidine groups is 1. The van der Waals surface area contributed by atoms with Crippen molar-refractivity contribution in [2.45, 2.75) is 13.1 Å². The van der Waals surface area contributed by atoms with Crippen molar-refractivity contribution >= 4 is 35.6 Å². The molecule has 0 radical (unpaired) electrons. The fourth-order valence-electron chi connectivity index (χ4n) is 2.30. The second kappa shape index (κ2) is 12.3. The Bertz CT molecular complexity index is 818. The first-order chi connectivity index (χ1) is 13.9. The molecule has 7 nitrogen and oxygen atoms in total. The van der Waals surface area contributed by atoms with E-state index in [9.17, 15) is 13.2 Å². The molecule has 0 spiro atoms. The third-order valence-electron chi connectivity index (χ3n) is 3.66. The molecule has 0 saturated heterocycles. The molecule has 0 unspecified atom stereocenters. The van der Waals surface area contributed by atoms with Crippen molar-refractivity contribution in [3.63, 3.8) is 0 Å². The van der Waals surface area contributed by atoms with Gasteiger partial charge in [-0.2, -0.15) is 13.2 Å². The summed E-state index contributed by atoms with van der Waals surface area (Å²) in [6.07, 6.45) is -3.68. The summed E-state index contributed by atoms with van der Waals surface area (Å²) >= 11 is 0. The molecule has 166 valence electrons. The number of benzene rings is 1. The Kier molecular flexibility index (Phi) is 10.5. The first-order valence-electron chi connectivity index (χ1n) is 8.82. The standard InChI is InChI=1S/C19H23F3N4O3.HI/c1-4-28-16-11-14(6-7-15(16)27-3)26-18(23-2)24-9-10-29-17-8-5-13(12-25-17)19(20,21)22;/h5-8,11-12H,4,9-10H2,1-3H3,(H2,23,24,26);1H. The van der Waals surface area contributed by atoms with Crippen LogP contribution in [-0.4, -0.2) is 44.9 Å². The van der Waals surface area contributed by atoms with Gasteiger partial charge in [0.05, 0.1) is 25.8 Å². The lowest BCUT2D eigenvalue weighted by atomic mass is 10.2. The topological polar surface area (TPSA) is 77.0 Å². The number of rotatable bonds is 8. The van der Waals surface area contributed by atoms with Crippen molar-refractivity contribution in [2.75, 3.05) is 39.2 Å². The van der Waals surface area contributed by atoms with Gasteiger partial charge in [-0.05, 0) is 25.1 Å². The predicted molar refractivity (Wildman–Crippen MR) is 119 cm³/mol. The van der Waals surface area contributed by atoms with Gasteiger partial charge >= 0.3 is 6.18 Å². The highest BCUT2D eigenvalue weighted by atomic mass is 127. The van der Waals surface area contributed by atoms with E-state index in [4.69, 9.17) is 14.2 Å². The summed E-state index contributed by atoms with van der Waals surface area (Å²) in [6.45, 7) is 2.93. The van der Waals surface area contributed by atoms with Crippen LogP contribution in [0.3, 0.4) is 0 Å². The number of hydrogen-bond donors (Lipinski definition) is 2. The van der Waals surface area contributed by atoms with E-state index in [0.717, 1.165) is 18.0 Å². The van der Waals surface area contributed by atoms with Gasteiger partial charge in [-0.25, -0.2) is 4.98 Å². The molecule has 0 bridgehead atoms. The molecule has 11 heteroatoms. The fourth-order valence-corrected chi connectivity index (χ4v) is 2.30. The van der Waals surface area contributed by atoms with E-state index in [0.29, 0.717) is 30.6 Å². The molecule has 0 atom stereocenters. The molecule has 0 aliphatic heterocycles. The molecule has 0 fully saturated rings. The van der Waals surface area contributed by atoms with E-state index in [1.807, 2.05) is 13.0 Å². The van der Waals surface area contributed by atoms with Gasteiger partial charge in [0, 0.05) is 31.1 Å². The smallest absolute Gasteiger partial charge is 0.417 e.